The lowest BCUT2D eigenvalue weighted by atomic mass is 10.1. The summed E-state index contributed by atoms with van der Waals surface area (Å²) in [5.41, 5.74) is 0.578. The summed E-state index contributed by atoms with van der Waals surface area (Å²) >= 11 is 7.26. The molecule has 0 radical (unpaired) electrons. The summed E-state index contributed by atoms with van der Waals surface area (Å²) in [6.45, 7) is 3.97. The zero-order valence-corrected chi connectivity index (χ0v) is 29.0. The minimum Gasteiger partial charge on any atom is -0.504 e. The molecule has 5 heterocycles. The monoisotopic (exact) mass is 742 g/mol. The van der Waals surface area contributed by atoms with E-state index >= 15 is 0 Å². The van der Waals surface area contributed by atoms with Gasteiger partial charge in [-0.05, 0) is 37.6 Å². The molecule has 1 saturated heterocycles. The molecule has 18 heteroatoms. The summed E-state index contributed by atoms with van der Waals surface area (Å²) in [6.07, 6.45) is -1.56. The van der Waals surface area contributed by atoms with Gasteiger partial charge in [0, 0.05) is 49.7 Å². The molecule has 2 N–H and O–H groups in total. The van der Waals surface area contributed by atoms with Crippen molar-refractivity contribution in [1.29, 1.82) is 0 Å². The molecule has 1 aliphatic heterocycles. The average Bonchev–Trinajstić information content (AvgIpc) is 3.57. The van der Waals surface area contributed by atoms with E-state index in [9.17, 15) is 32.7 Å². The van der Waals surface area contributed by atoms with Gasteiger partial charge in [0.25, 0.3) is 5.91 Å². The van der Waals surface area contributed by atoms with E-state index < -0.39 is 23.6 Å². The van der Waals surface area contributed by atoms with E-state index in [0.29, 0.717) is 34.3 Å². The van der Waals surface area contributed by atoms with Crippen LogP contribution in [0.3, 0.4) is 0 Å². The molecule has 0 spiro atoms. The van der Waals surface area contributed by atoms with Gasteiger partial charge in [0.05, 0.1) is 29.1 Å². The van der Waals surface area contributed by atoms with E-state index in [0.717, 1.165) is 29.5 Å². The molecule has 4 aromatic heterocycles. The molecule has 51 heavy (non-hydrogen) atoms. The highest BCUT2D eigenvalue weighted by Crippen LogP contribution is 2.35. The molecular formula is C33H30ClF3N8O5S. The third-order valence-corrected chi connectivity index (χ3v) is 9.78. The number of alkyl halides is 3. The van der Waals surface area contributed by atoms with Crippen molar-refractivity contribution in [3.05, 3.63) is 80.7 Å². The first-order chi connectivity index (χ1) is 24.3. The number of pyridine rings is 2. The number of hydrogen-bond donors (Lipinski definition) is 2. The maximum absolute atomic E-state index is 14.3. The average molecular weight is 743 g/mol. The van der Waals surface area contributed by atoms with E-state index in [4.69, 9.17) is 21.3 Å². The first-order valence-corrected chi connectivity index (χ1v) is 16.8. The highest BCUT2D eigenvalue weighted by Gasteiger charge is 2.32. The molecule has 2 amide bonds. The fourth-order valence-corrected chi connectivity index (χ4v) is 7.04. The normalized spacial score (nSPS) is 13.5. The summed E-state index contributed by atoms with van der Waals surface area (Å²) in [5, 5.41) is 13.1. The molecule has 0 aliphatic carbocycles. The number of carbonyl (C=O) groups excluding carboxylic acids is 2. The Bertz CT molecular complexity index is 2220. The Morgan fingerprint density at radius 2 is 1.84 bits per heavy atom. The number of nitrogens with one attached hydrogen (secondary N) is 1. The van der Waals surface area contributed by atoms with Gasteiger partial charge in [0.15, 0.2) is 17.1 Å². The van der Waals surface area contributed by atoms with Gasteiger partial charge in [-0.2, -0.15) is 13.2 Å². The summed E-state index contributed by atoms with van der Waals surface area (Å²) < 4.78 is 46.8. The third-order valence-electron chi connectivity index (χ3n) is 8.37. The van der Waals surface area contributed by atoms with Gasteiger partial charge < -0.3 is 29.5 Å². The van der Waals surface area contributed by atoms with Crippen LogP contribution in [-0.2, 0) is 23.9 Å². The first-order valence-electron chi connectivity index (χ1n) is 15.6. The summed E-state index contributed by atoms with van der Waals surface area (Å²) in [5.74, 6) is -1.05. The fourth-order valence-electron chi connectivity index (χ4n) is 5.80. The van der Waals surface area contributed by atoms with E-state index in [1.54, 1.807) is 29.8 Å². The SMILES string of the molecule is CCc1c(N2CCN(C(=O)c3ncnc(C)c3O)CC2)c(=O)c2sc(-c3ccnc(OC)c3)nc2n1CC(=O)Nc1ccc(C(F)(F)F)cc1Cl. The topological polar surface area (TPSA) is 156 Å². The number of methoxy groups -OCH3 is 1. The van der Waals surface area contributed by atoms with E-state index in [1.165, 1.54) is 18.3 Å². The van der Waals surface area contributed by atoms with Crippen LogP contribution in [0.25, 0.3) is 20.9 Å². The predicted molar refractivity (Wildman–Crippen MR) is 185 cm³/mol. The van der Waals surface area contributed by atoms with E-state index in [1.807, 2.05) is 11.8 Å². The summed E-state index contributed by atoms with van der Waals surface area (Å²) in [7, 11) is 1.47. The zero-order valence-electron chi connectivity index (χ0n) is 27.4. The van der Waals surface area contributed by atoms with Crippen molar-refractivity contribution < 1.29 is 32.6 Å². The van der Waals surface area contributed by atoms with Crippen molar-refractivity contribution in [3.8, 4) is 22.2 Å². The summed E-state index contributed by atoms with van der Waals surface area (Å²) in [6, 6.07) is 6.01. The van der Waals surface area contributed by atoms with Crippen LogP contribution >= 0.6 is 22.9 Å². The number of benzene rings is 1. The molecule has 5 aromatic rings. The number of rotatable bonds is 8. The second-order valence-corrected chi connectivity index (χ2v) is 12.9. The number of carbonyl (C=O) groups is 2. The van der Waals surface area contributed by atoms with Crippen molar-refractivity contribution in [2.24, 2.45) is 0 Å². The Labute approximate surface area is 297 Å². The number of hydrogen-bond acceptors (Lipinski definition) is 11. The van der Waals surface area contributed by atoms with Gasteiger partial charge in [-0.15, -0.1) is 11.3 Å². The molecule has 1 aromatic carbocycles. The van der Waals surface area contributed by atoms with Crippen LogP contribution in [0, 0.1) is 6.92 Å². The molecule has 6 rings (SSSR count). The van der Waals surface area contributed by atoms with E-state index in [2.05, 4.69) is 20.3 Å². The van der Waals surface area contributed by atoms with Crippen molar-refractivity contribution in [2.45, 2.75) is 33.0 Å². The Kier molecular flexibility index (Phi) is 9.86. The zero-order chi connectivity index (χ0) is 36.6. The van der Waals surface area contributed by atoms with Crippen molar-refractivity contribution in [2.75, 3.05) is 43.5 Å². The standard InChI is InChI=1S/C33H30ClF3N8O5S/c1-4-22-26(43-9-11-44(12-10-43)32(49)25-27(47)17(2)39-16-40-25)28(48)29-30(42-31(51-29)18-7-8-38-24(13-18)50-3)45(22)15-23(46)41-21-6-5-19(14-20(21)34)33(35,36)37/h5-8,13-14,16,47H,4,9-12,15H2,1-3H3,(H,41,46). The maximum atomic E-state index is 14.3. The minimum atomic E-state index is -4.61. The number of aromatic hydroxyl groups is 1. The Morgan fingerprint density at radius 3 is 2.51 bits per heavy atom. The number of nitrogens with zero attached hydrogens (tertiary/aromatic N) is 7. The van der Waals surface area contributed by atoms with Crippen LogP contribution in [0.15, 0.2) is 47.7 Å². The quantitative estimate of drug-likeness (QED) is 0.218. The Morgan fingerprint density at radius 1 is 1.10 bits per heavy atom. The highest BCUT2D eigenvalue weighted by molar-refractivity contribution is 7.21. The maximum Gasteiger partial charge on any atom is 0.416 e. The molecule has 0 atom stereocenters. The fraction of sp³-hybridized carbons (Fsp3) is 0.303. The van der Waals surface area contributed by atoms with Crippen LogP contribution < -0.4 is 20.4 Å². The van der Waals surface area contributed by atoms with Gasteiger partial charge in [0.2, 0.25) is 17.2 Å². The predicted octanol–water partition coefficient (Wildman–Crippen LogP) is 5.17. The number of aromatic nitrogens is 5. The second-order valence-electron chi connectivity index (χ2n) is 11.5. The Balaban J connectivity index is 1.38. The lowest BCUT2D eigenvalue weighted by molar-refractivity contribution is -0.137. The molecule has 1 aliphatic rings. The lowest BCUT2D eigenvalue weighted by Gasteiger charge is -2.37. The van der Waals surface area contributed by atoms with Crippen molar-refractivity contribution in [3.63, 3.8) is 0 Å². The number of amides is 2. The third kappa shape index (κ3) is 7.03. The number of thiazole rings is 1. The first kappa shape index (κ1) is 35.5. The minimum absolute atomic E-state index is 0.0150. The van der Waals surface area contributed by atoms with Crippen LogP contribution in [0.5, 0.6) is 11.6 Å². The Hall–Kier alpha value is -5.29. The van der Waals surface area contributed by atoms with Gasteiger partial charge in [-0.1, -0.05) is 18.5 Å². The molecule has 0 unspecified atom stereocenters. The van der Waals surface area contributed by atoms with Gasteiger partial charge in [-0.25, -0.2) is 19.9 Å². The lowest BCUT2D eigenvalue weighted by Crippen LogP contribution is -2.50. The van der Waals surface area contributed by atoms with Crippen LogP contribution in [0.1, 0.15) is 34.4 Å². The van der Waals surface area contributed by atoms with Gasteiger partial charge in [0.1, 0.15) is 28.3 Å². The van der Waals surface area contributed by atoms with Crippen LogP contribution in [0.2, 0.25) is 5.02 Å². The number of piperazine rings is 1. The molecular weight excluding hydrogens is 713 g/mol. The van der Waals surface area contributed by atoms with Crippen LogP contribution in [-0.4, -0.2) is 79.6 Å². The van der Waals surface area contributed by atoms with E-state index in [-0.39, 0.29) is 76.3 Å². The molecule has 13 nitrogen and oxygen atoms in total. The number of aryl methyl sites for hydroxylation is 1. The van der Waals surface area contributed by atoms with Crippen molar-refractivity contribution in [1.82, 2.24) is 29.4 Å². The second kappa shape index (κ2) is 14.1. The molecule has 0 saturated carbocycles. The number of anilines is 2. The smallest absolute Gasteiger partial charge is 0.416 e. The number of halogens is 4. The molecule has 0 bridgehead atoms. The van der Waals surface area contributed by atoms with Gasteiger partial charge in [-0.3, -0.25) is 14.4 Å². The molecule has 266 valence electrons. The van der Waals surface area contributed by atoms with Crippen molar-refractivity contribution >= 4 is 56.5 Å². The number of ether oxygens (including phenoxy) is 1. The number of fused-ring (bicyclic) bond motifs is 1. The highest BCUT2D eigenvalue weighted by atomic mass is 35.5. The van der Waals surface area contributed by atoms with Crippen LogP contribution in [0.4, 0.5) is 24.5 Å². The molecule has 1 fully saturated rings. The largest absolute Gasteiger partial charge is 0.504 e. The van der Waals surface area contributed by atoms with Gasteiger partial charge >= 0.3 is 6.18 Å². The summed E-state index contributed by atoms with van der Waals surface area (Å²) in [4.78, 5) is 61.3.